The van der Waals surface area contributed by atoms with E-state index < -0.39 is 298 Å². The van der Waals surface area contributed by atoms with Gasteiger partial charge in [-0.2, -0.15) is 37.9 Å². The second-order valence-electron chi connectivity index (χ2n) is 24.3. The molecule has 44 nitrogen and oxygen atoms in total. The number of hydrogen-bond acceptors (Lipinski definition) is 27. The first-order valence-electron chi connectivity index (χ1n) is 32.1. The third-order valence-electron chi connectivity index (χ3n) is 14.4. The number of primary amides is 3. The number of aliphatic carboxylic acids is 3. The van der Waals surface area contributed by atoms with Crippen molar-refractivity contribution in [2.75, 3.05) is 43.6 Å². The van der Waals surface area contributed by atoms with Gasteiger partial charge in [-0.15, -0.1) is 0 Å². The van der Waals surface area contributed by atoms with Crippen LogP contribution in [0.1, 0.15) is 98.8 Å². The molecule has 47 heteroatoms. The van der Waals surface area contributed by atoms with Crippen LogP contribution < -0.4 is 97.4 Å². The van der Waals surface area contributed by atoms with Crippen LogP contribution in [0.3, 0.4) is 0 Å². The van der Waals surface area contributed by atoms with E-state index in [0.29, 0.717) is 0 Å². The molecule has 0 aliphatic carbocycles. The van der Waals surface area contributed by atoms with Gasteiger partial charge in [0, 0.05) is 36.5 Å². The summed E-state index contributed by atoms with van der Waals surface area (Å²) in [5.74, 6) is -26.2. The number of carboxylic acid groups (broad SMARTS) is 3. The summed E-state index contributed by atoms with van der Waals surface area (Å²) in [6, 6.07) is -22.2. The lowest BCUT2D eigenvalue weighted by atomic mass is 10.0. The van der Waals surface area contributed by atoms with Gasteiger partial charge in [-0.05, 0) is 50.9 Å². The van der Waals surface area contributed by atoms with Crippen LogP contribution in [0.5, 0.6) is 0 Å². The lowest BCUT2D eigenvalue weighted by Gasteiger charge is -2.28. The Balaban J connectivity index is 6.49. The van der Waals surface area contributed by atoms with Crippen molar-refractivity contribution in [3.63, 3.8) is 0 Å². The number of nitrogens with one attached hydrogen (secondary N) is 14. The summed E-state index contributed by atoms with van der Waals surface area (Å²) in [5, 5.41) is 88.6. The molecule has 0 heterocycles. The summed E-state index contributed by atoms with van der Waals surface area (Å²) < 4.78 is 0. The number of carbonyl (C=O) groups is 20. The molecule has 0 aromatic carbocycles. The second kappa shape index (κ2) is 49.1. The summed E-state index contributed by atoms with van der Waals surface area (Å²) in [7, 11) is 0. The van der Waals surface area contributed by atoms with Crippen molar-refractivity contribution in [1.29, 1.82) is 0 Å². The Labute approximate surface area is 616 Å². The van der Waals surface area contributed by atoms with E-state index >= 15 is 0 Å². The van der Waals surface area contributed by atoms with Gasteiger partial charge in [-0.25, -0.2) is 4.79 Å². The largest absolute Gasteiger partial charge is 0.481 e. The smallest absolute Gasteiger partial charge is 0.326 e. The first-order chi connectivity index (χ1) is 48.9. The van der Waals surface area contributed by atoms with Crippen LogP contribution in [0, 0.1) is 11.8 Å². The molecule has 14 atom stereocenters. The number of aliphatic hydroxyl groups is 3. The van der Waals surface area contributed by atoms with Crippen LogP contribution in [0.2, 0.25) is 0 Å². The molecule has 0 rings (SSSR count). The molecule has 0 bridgehead atoms. The number of amides is 17. The molecule has 0 radical (unpaired) electrons. The third-order valence-corrected chi connectivity index (χ3v) is 15.5. The van der Waals surface area contributed by atoms with E-state index in [2.05, 4.69) is 102 Å². The van der Waals surface area contributed by atoms with Crippen LogP contribution in [0.25, 0.3) is 0 Å². The lowest BCUT2D eigenvalue weighted by Crippen LogP contribution is -2.61. The molecule has 0 spiro atoms. The maximum absolute atomic E-state index is 14.1. The molecule has 0 aliphatic rings. The predicted octanol–water partition coefficient (Wildman–Crippen LogP) is -12.6. The topological polar surface area (TPSA) is 735 Å². The van der Waals surface area contributed by atoms with Crippen molar-refractivity contribution >= 4 is 156 Å². The first-order valence-corrected chi connectivity index (χ1v) is 34.0. The van der Waals surface area contributed by atoms with Crippen LogP contribution >= 0.6 is 37.9 Å². The number of thiol groups is 3. The zero-order valence-corrected chi connectivity index (χ0v) is 60.4. The molecule has 0 aromatic rings. The average Bonchev–Trinajstić information content (AvgIpc) is 0.848. The van der Waals surface area contributed by atoms with Crippen molar-refractivity contribution in [3.8, 4) is 0 Å². The molecule has 0 aromatic heterocycles. The number of hydrogen-bond donors (Lipinski definition) is 27. The Morgan fingerprint density at radius 2 is 0.648 bits per heavy atom. The molecule has 0 saturated carbocycles. The molecule has 28 N–H and O–H groups in total. The van der Waals surface area contributed by atoms with Gasteiger partial charge in [0.1, 0.15) is 72.5 Å². The fourth-order valence-corrected chi connectivity index (χ4v) is 9.56. The van der Waals surface area contributed by atoms with Gasteiger partial charge < -0.3 is 128 Å². The summed E-state index contributed by atoms with van der Waals surface area (Å²) in [5.41, 5.74) is 21.4. The minimum absolute atomic E-state index is 0.141. The Hall–Kier alpha value is -9.71. The van der Waals surface area contributed by atoms with Gasteiger partial charge in [0.25, 0.3) is 0 Å². The van der Waals surface area contributed by atoms with Gasteiger partial charge in [0.2, 0.25) is 100 Å². The first kappa shape index (κ1) is 95.3. The van der Waals surface area contributed by atoms with Crippen molar-refractivity contribution < 1.29 is 127 Å². The lowest BCUT2D eigenvalue weighted by molar-refractivity contribution is -0.144. The highest BCUT2D eigenvalue weighted by molar-refractivity contribution is 7.80. The molecule has 592 valence electrons. The van der Waals surface area contributed by atoms with E-state index in [4.69, 9.17) is 22.9 Å². The highest BCUT2D eigenvalue weighted by Gasteiger charge is 2.38. The molecular formula is C58H96N18O26S3. The normalized spacial score (nSPS) is 15.0. The fraction of sp³-hybridized carbons (Fsp3) is 0.655. The third kappa shape index (κ3) is 38.0. The molecule has 0 fully saturated rings. The summed E-state index contributed by atoms with van der Waals surface area (Å²) in [4.78, 5) is 258. The summed E-state index contributed by atoms with van der Waals surface area (Å²) in [6.07, 6.45) is -7.74. The number of nitrogens with two attached hydrogens (primary N) is 4. The Bertz CT molecular complexity index is 3120. The van der Waals surface area contributed by atoms with Gasteiger partial charge in [-0.3, -0.25) is 91.1 Å². The quantitative estimate of drug-likeness (QED) is 0.0252. The Kier molecular flexibility index (Phi) is 44.6. The van der Waals surface area contributed by atoms with Crippen molar-refractivity contribution in [2.45, 2.75) is 183 Å². The van der Waals surface area contributed by atoms with E-state index in [1.54, 1.807) is 27.7 Å². The van der Waals surface area contributed by atoms with E-state index in [1.807, 2.05) is 10.6 Å². The molecule has 105 heavy (non-hydrogen) atoms. The molecule has 0 saturated heterocycles. The molecular weight excluding hydrogens is 1460 g/mol. The Morgan fingerprint density at radius 1 is 0.343 bits per heavy atom. The van der Waals surface area contributed by atoms with Crippen LogP contribution in [0.4, 0.5) is 0 Å². The average molecular weight is 1560 g/mol. The van der Waals surface area contributed by atoms with Crippen molar-refractivity contribution in [3.05, 3.63) is 0 Å². The summed E-state index contributed by atoms with van der Waals surface area (Å²) in [6.45, 7) is 3.28. The summed E-state index contributed by atoms with van der Waals surface area (Å²) >= 11 is 12.2. The monoisotopic (exact) mass is 1560 g/mol. The molecule has 0 aliphatic heterocycles. The standard InChI is InChI=1S/C58H96N18O26S3/c1-23(2)12-30(51(94)75-37(22-105)56(99)70-31(13-24(3)4)52(95)74-36(21-104)55(98)67-27(7-10-43(85)86)47(90)63-17-42(84)66-35(19-78)54(97)72-33(58(101)102)15-40(62)82)69-53(96)32(14-39(61)81)71-49(92)28(6-9-38(60)80)65-41(83)16-64-48(91)34(18-77)73-50(93)29(8-11-44(87)88)68-57(100)45(25(5)79)76-46(89)26(59)20-103/h23-37,45,77-79,103-105H,6-22,59H2,1-5H3,(H2,60,80)(H2,61,81)(H2,62,82)(H,63,90)(H,64,91)(H,65,83)(H,66,84)(H,67,98)(H,68,100)(H,69,96)(H,70,99)(H,71,92)(H,72,97)(H,73,93)(H,74,95)(H,75,94)(H,76,89)(H,85,86)(H,87,88)(H,101,102)/t25-,26+,27+,28+,29+,30+,31+,32+,33+,34+,35+,36+,37+,45+/m1/s1. The van der Waals surface area contributed by atoms with Crippen molar-refractivity contribution in [1.82, 2.24) is 74.4 Å². The number of aliphatic hydroxyl groups excluding tert-OH is 3. The van der Waals surface area contributed by atoms with Gasteiger partial charge >= 0.3 is 17.9 Å². The fourth-order valence-electron chi connectivity index (χ4n) is 8.88. The van der Waals surface area contributed by atoms with Crippen LogP contribution in [0.15, 0.2) is 0 Å². The number of carbonyl (C=O) groups excluding carboxylic acids is 17. The van der Waals surface area contributed by atoms with E-state index in [0.717, 1.165) is 6.92 Å². The minimum Gasteiger partial charge on any atom is -0.481 e. The minimum atomic E-state index is -1.96. The van der Waals surface area contributed by atoms with Crippen molar-refractivity contribution in [2.24, 2.45) is 34.8 Å². The number of rotatable bonds is 52. The predicted molar refractivity (Wildman–Crippen MR) is 371 cm³/mol. The van der Waals surface area contributed by atoms with Gasteiger partial charge in [0.15, 0.2) is 0 Å². The highest BCUT2D eigenvalue weighted by Crippen LogP contribution is 2.12. The number of carboxylic acids is 3. The highest BCUT2D eigenvalue weighted by atomic mass is 32.1. The van der Waals surface area contributed by atoms with E-state index in [-0.39, 0.29) is 24.5 Å². The maximum atomic E-state index is 14.1. The zero-order chi connectivity index (χ0) is 80.7. The van der Waals surface area contributed by atoms with Gasteiger partial charge in [0.05, 0.1) is 51.3 Å². The second-order valence-corrected chi connectivity index (χ2v) is 25.4. The van der Waals surface area contributed by atoms with Crippen LogP contribution in [-0.4, -0.2) is 277 Å². The Morgan fingerprint density at radius 3 is 1.03 bits per heavy atom. The maximum Gasteiger partial charge on any atom is 0.326 e. The van der Waals surface area contributed by atoms with Gasteiger partial charge in [-0.1, -0.05) is 27.7 Å². The molecule has 0 unspecified atom stereocenters. The van der Waals surface area contributed by atoms with Crippen LogP contribution in [-0.2, 0) is 95.9 Å². The SMILES string of the molecule is CC(C)C[C@H](NC(=O)[C@H](CC(N)=O)NC(=O)[C@H](CCC(N)=O)NC(=O)CNC(=O)[C@H](CO)NC(=O)[C@H](CCC(=O)O)NC(=O)[C@@H](NC(=O)[C@@H](N)CS)[C@@H](C)O)C(=O)N[C@@H](CS)C(=O)N[C@@H](CC(C)C)C(=O)N[C@@H](CS)C(=O)N[C@@H](CCC(=O)O)C(=O)NCC(=O)N[C@@H](CO)C(=O)N[C@@H](CC(N)=O)C(=O)O. The van der Waals surface area contributed by atoms with E-state index in [9.17, 15) is 127 Å². The zero-order valence-electron chi connectivity index (χ0n) is 57.8. The molecule has 17 amide bonds. The van der Waals surface area contributed by atoms with E-state index in [1.165, 1.54) is 0 Å².